The van der Waals surface area contributed by atoms with Gasteiger partial charge in [-0.05, 0) is 39.3 Å². The lowest BCUT2D eigenvalue weighted by atomic mass is 9.93. The summed E-state index contributed by atoms with van der Waals surface area (Å²) < 4.78 is 1.98. The Morgan fingerprint density at radius 2 is 2.10 bits per heavy atom. The van der Waals surface area contributed by atoms with Gasteiger partial charge in [0.15, 0.2) is 0 Å². The van der Waals surface area contributed by atoms with Crippen LogP contribution in [0.2, 0.25) is 5.02 Å². The van der Waals surface area contributed by atoms with E-state index < -0.39 is 0 Å². The van der Waals surface area contributed by atoms with Crippen LogP contribution in [0.4, 0.5) is 0 Å². The molecule has 0 aliphatic heterocycles. The van der Waals surface area contributed by atoms with Crippen molar-refractivity contribution in [2.75, 3.05) is 6.54 Å². The van der Waals surface area contributed by atoms with Gasteiger partial charge in [-0.2, -0.15) is 5.10 Å². The van der Waals surface area contributed by atoms with E-state index >= 15 is 0 Å². The third-order valence-corrected chi connectivity index (χ3v) is 4.18. The highest BCUT2D eigenvalue weighted by molar-refractivity contribution is 6.31. The van der Waals surface area contributed by atoms with Crippen molar-refractivity contribution >= 4 is 11.6 Å². The molecule has 0 saturated heterocycles. The van der Waals surface area contributed by atoms with E-state index in [1.54, 1.807) is 0 Å². The van der Waals surface area contributed by atoms with Crippen molar-refractivity contribution in [3.05, 3.63) is 51.8 Å². The molecule has 0 saturated carbocycles. The fourth-order valence-electron chi connectivity index (χ4n) is 2.56. The van der Waals surface area contributed by atoms with E-state index in [0.29, 0.717) is 6.54 Å². The van der Waals surface area contributed by atoms with Crippen LogP contribution in [0.25, 0.3) is 0 Å². The Morgan fingerprint density at radius 3 is 2.70 bits per heavy atom. The summed E-state index contributed by atoms with van der Waals surface area (Å²) >= 11 is 6.39. The molecule has 0 radical (unpaired) electrons. The molecule has 0 spiro atoms. The van der Waals surface area contributed by atoms with Crippen molar-refractivity contribution in [3.63, 3.8) is 0 Å². The number of aromatic nitrogens is 2. The molecule has 0 aliphatic rings. The molecule has 20 heavy (non-hydrogen) atoms. The third kappa shape index (κ3) is 3.05. The van der Waals surface area contributed by atoms with Crippen LogP contribution >= 0.6 is 11.6 Å². The van der Waals surface area contributed by atoms with Gasteiger partial charge in [0.05, 0.1) is 16.4 Å². The highest BCUT2D eigenvalue weighted by Crippen LogP contribution is 2.27. The Morgan fingerprint density at radius 1 is 1.35 bits per heavy atom. The van der Waals surface area contributed by atoms with Crippen LogP contribution in [0.3, 0.4) is 0 Å². The first-order valence-corrected chi connectivity index (χ1v) is 7.43. The van der Waals surface area contributed by atoms with Crippen LogP contribution in [0.15, 0.2) is 24.3 Å². The SMILES string of the molecule is CCn1nc(C)c(Cl)c1CC(CN)c1cccc(C)c1. The molecular weight excluding hydrogens is 270 g/mol. The van der Waals surface area contributed by atoms with Crippen LogP contribution in [0, 0.1) is 13.8 Å². The Labute approximate surface area is 125 Å². The minimum absolute atomic E-state index is 0.272. The molecule has 0 aliphatic carbocycles. The average Bonchev–Trinajstić information content (AvgIpc) is 2.71. The number of hydrogen-bond donors (Lipinski definition) is 1. The second-order valence-electron chi connectivity index (χ2n) is 5.21. The van der Waals surface area contributed by atoms with Crippen molar-refractivity contribution < 1.29 is 0 Å². The summed E-state index contributed by atoms with van der Waals surface area (Å²) in [5.74, 6) is 0.272. The third-order valence-electron chi connectivity index (χ3n) is 3.69. The number of benzene rings is 1. The molecule has 108 valence electrons. The van der Waals surface area contributed by atoms with E-state index in [2.05, 4.69) is 43.2 Å². The van der Waals surface area contributed by atoms with Crippen LogP contribution < -0.4 is 5.73 Å². The summed E-state index contributed by atoms with van der Waals surface area (Å²) in [4.78, 5) is 0. The Balaban J connectivity index is 2.31. The zero-order chi connectivity index (χ0) is 14.7. The number of nitrogens with zero attached hydrogens (tertiary/aromatic N) is 2. The van der Waals surface area contributed by atoms with Gasteiger partial charge in [0, 0.05) is 12.5 Å². The van der Waals surface area contributed by atoms with Crippen LogP contribution in [0.5, 0.6) is 0 Å². The maximum atomic E-state index is 6.39. The van der Waals surface area contributed by atoms with Crippen molar-refractivity contribution in [1.29, 1.82) is 0 Å². The van der Waals surface area contributed by atoms with E-state index in [1.807, 2.05) is 11.6 Å². The Bertz CT molecular complexity index is 589. The Kier molecular flexibility index (Phi) is 4.84. The molecule has 0 bridgehead atoms. The Hall–Kier alpha value is -1.32. The van der Waals surface area contributed by atoms with Gasteiger partial charge in [0.25, 0.3) is 0 Å². The number of rotatable bonds is 5. The van der Waals surface area contributed by atoms with Crippen molar-refractivity contribution in [2.24, 2.45) is 5.73 Å². The van der Waals surface area contributed by atoms with Crippen molar-refractivity contribution in [2.45, 2.75) is 39.7 Å². The van der Waals surface area contributed by atoms with E-state index in [-0.39, 0.29) is 5.92 Å². The normalized spacial score (nSPS) is 12.7. The van der Waals surface area contributed by atoms with E-state index in [9.17, 15) is 0 Å². The topological polar surface area (TPSA) is 43.8 Å². The van der Waals surface area contributed by atoms with Crippen molar-refractivity contribution in [3.8, 4) is 0 Å². The molecule has 1 aromatic heterocycles. The van der Waals surface area contributed by atoms with Gasteiger partial charge in [0.1, 0.15) is 0 Å². The highest BCUT2D eigenvalue weighted by atomic mass is 35.5. The molecule has 1 atom stereocenters. The zero-order valence-corrected chi connectivity index (χ0v) is 13.1. The summed E-state index contributed by atoms with van der Waals surface area (Å²) in [6, 6.07) is 8.52. The minimum Gasteiger partial charge on any atom is -0.330 e. The van der Waals surface area contributed by atoms with Crippen LogP contribution in [-0.4, -0.2) is 16.3 Å². The smallest absolute Gasteiger partial charge is 0.0847 e. The van der Waals surface area contributed by atoms with E-state index in [1.165, 1.54) is 11.1 Å². The van der Waals surface area contributed by atoms with Crippen LogP contribution in [-0.2, 0) is 13.0 Å². The van der Waals surface area contributed by atoms with Crippen LogP contribution in [0.1, 0.15) is 35.4 Å². The second kappa shape index (κ2) is 6.42. The molecule has 2 N–H and O–H groups in total. The molecule has 2 aromatic rings. The van der Waals surface area contributed by atoms with Gasteiger partial charge in [-0.15, -0.1) is 0 Å². The second-order valence-corrected chi connectivity index (χ2v) is 5.59. The fraction of sp³-hybridized carbons (Fsp3) is 0.438. The van der Waals surface area contributed by atoms with E-state index in [0.717, 1.165) is 29.4 Å². The minimum atomic E-state index is 0.272. The van der Waals surface area contributed by atoms with Gasteiger partial charge in [-0.25, -0.2) is 0 Å². The standard InChI is InChI=1S/C16H22ClN3/c1-4-20-15(16(17)12(3)19-20)9-14(10-18)13-7-5-6-11(2)8-13/h5-8,14H,4,9-10,18H2,1-3H3. The monoisotopic (exact) mass is 291 g/mol. The van der Waals surface area contributed by atoms with Gasteiger partial charge in [-0.3, -0.25) is 4.68 Å². The summed E-state index contributed by atoms with van der Waals surface area (Å²) in [5.41, 5.74) is 10.5. The first-order chi connectivity index (χ1) is 9.56. The van der Waals surface area contributed by atoms with Gasteiger partial charge in [-0.1, -0.05) is 41.4 Å². The molecule has 1 aromatic carbocycles. The lowest BCUT2D eigenvalue weighted by molar-refractivity contribution is 0.583. The number of nitrogens with two attached hydrogens (primary N) is 1. The van der Waals surface area contributed by atoms with E-state index in [4.69, 9.17) is 17.3 Å². The average molecular weight is 292 g/mol. The summed E-state index contributed by atoms with van der Waals surface area (Å²) in [6.45, 7) is 7.56. The maximum Gasteiger partial charge on any atom is 0.0847 e. The lowest BCUT2D eigenvalue weighted by Crippen LogP contribution is -2.17. The number of halogens is 1. The van der Waals surface area contributed by atoms with Gasteiger partial charge in [0.2, 0.25) is 0 Å². The summed E-state index contributed by atoms with van der Waals surface area (Å²) in [5, 5.41) is 5.25. The molecule has 2 rings (SSSR count). The molecule has 3 nitrogen and oxygen atoms in total. The maximum absolute atomic E-state index is 6.39. The highest BCUT2D eigenvalue weighted by Gasteiger charge is 2.18. The fourth-order valence-corrected chi connectivity index (χ4v) is 2.77. The number of hydrogen-bond acceptors (Lipinski definition) is 2. The first-order valence-electron chi connectivity index (χ1n) is 7.05. The lowest BCUT2D eigenvalue weighted by Gasteiger charge is -2.17. The van der Waals surface area contributed by atoms with Gasteiger partial charge >= 0.3 is 0 Å². The molecule has 0 amide bonds. The molecule has 4 heteroatoms. The largest absolute Gasteiger partial charge is 0.330 e. The van der Waals surface area contributed by atoms with Gasteiger partial charge < -0.3 is 5.73 Å². The molecule has 1 heterocycles. The molecule has 0 fully saturated rings. The zero-order valence-electron chi connectivity index (χ0n) is 12.4. The predicted molar refractivity (Wildman–Crippen MR) is 84.3 cm³/mol. The summed E-state index contributed by atoms with van der Waals surface area (Å²) in [6.07, 6.45) is 0.827. The molecular formula is C16H22ClN3. The van der Waals surface area contributed by atoms with Crippen molar-refractivity contribution in [1.82, 2.24) is 9.78 Å². The predicted octanol–water partition coefficient (Wildman–Crippen LogP) is 3.46. The summed E-state index contributed by atoms with van der Waals surface area (Å²) in [7, 11) is 0. The molecule has 1 unspecified atom stereocenters. The number of aryl methyl sites for hydroxylation is 3. The first kappa shape index (κ1) is 15.1. The quantitative estimate of drug-likeness (QED) is 0.917.